The van der Waals surface area contributed by atoms with Gasteiger partial charge in [-0.15, -0.1) is 0 Å². The monoisotopic (exact) mass is 181 g/mol. The number of ether oxygens (including phenoxy) is 1. The average molecular weight is 181 g/mol. The quantitative estimate of drug-likeness (QED) is 0.607. The summed E-state index contributed by atoms with van der Waals surface area (Å²) in [6, 6.07) is 0.304. The first kappa shape index (κ1) is 8.69. The van der Waals surface area contributed by atoms with E-state index in [-0.39, 0.29) is 5.41 Å². The predicted molar refractivity (Wildman–Crippen MR) is 48.2 cm³/mol. The molecule has 4 nitrogen and oxygen atoms in total. The summed E-state index contributed by atoms with van der Waals surface area (Å²) in [5.41, 5.74) is 0.170. The van der Waals surface area contributed by atoms with E-state index in [2.05, 4.69) is 30.9 Å². The molecule has 0 spiro atoms. The molecule has 4 heteroatoms. The molecular formula is C9H15N3O. The van der Waals surface area contributed by atoms with Gasteiger partial charge < -0.3 is 4.74 Å². The van der Waals surface area contributed by atoms with E-state index < -0.39 is 0 Å². The molecule has 0 fully saturated rings. The Morgan fingerprint density at radius 3 is 3.00 bits per heavy atom. The third-order valence-corrected chi connectivity index (χ3v) is 2.45. The summed E-state index contributed by atoms with van der Waals surface area (Å²) in [6.45, 7) is 7.90. The molecule has 0 N–H and O–H groups in total. The van der Waals surface area contributed by atoms with Crippen molar-refractivity contribution in [3.63, 3.8) is 0 Å². The first-order valence-electron chi connectivity index (χ1n) is 4.55. The molecule has 0 radical (unpaired) electrons. The lowest BCUT2D eigenvalue weighted by Crippen LogP contribution is -2.34. The van der Waals surface area contributed by atoms with Crippen LogP contribution < -0.4 is 0 Å². The molecule has 1 atom stereocenters. The van der Waals surface area contributed by atoms with Crippen LogP contribution >= 0.6 is 0 Å². The Morgan fingerprint density at radius 1 is 1.54 bits per heavy atom. The third-order valence-electron chi connectivity index (χ3n) is 2.45. The second-order valence-electron chi connectivity index (χ2n) is 4.52. The fourth-order valence-corrected chi connectivity index (χ4v) is 1.59. The lowest BCUT2D eigenvalue weighted by Gasteiger charge is -2.33. The Morgan fingerprint density at radius 2 is 2.31 bits per heavy atom. The van der Waals surface area contributed by atoms with E-state index >= 15 is 0 Å². The van der Waals surface area contributed by atoms with Crippen LogP contribution in [0.3, 0.4) is 0 Å². The van der Waals surface area contributed by atoms with Gasteiger partial charge in [0.15, 0.2) is 5.82 Å². The zero-order chi connectivity index (χ0) is 9.47. The molecule has 0 saturated carbocycles. The van der Waals surface area contributed by atoms with E-state index in [1.807, 2.05) is 4.68 Å². The summed E-state index contributed by atoms with van der Waals surface area (Å²) < 4.78 is 7.46. The standard InChI is InChI=1S/C9H15N3O/c1-9(2,3)7-4-13-5-8-10-6-11-12(7)8/h6-7H,4-5H2,1-3H3. The van der Waals surface area contributed by atoms with Gasteiger partial charge in [0.1, 0.15) is 12.9 Å². The molecule has 1 aliphatic rings. The lowest BCUT2D eigenvalue weighted by atomic mass is 9.87. The van der Waals surface area contributed by atoms with Crippen molar-refractivity contribution in [2.45, 2.75) is 33.4 Å². The maximum Gasteiger partial charge on any atom is 0.153 e. The first-order chi connectivity index (χ1) is 6.09. The van der Waals surface area contributed by atoms with Crippen LogP contribution in [0.4, 0.5) is 0 Å². The number of aromatic nitrogens is 3. The van der Waals surface area contributed by atoms with Crippen molar-refractivity contribution in [2.24, 2.45) is 5.41 Å². The average Bonchev–Trinajstić information content (AvgIpc) is 2.48. The van der Waals surface area contributed by atoms with Gasteiger partial charge in [-0.05, 0) is 5.41 Å². The number of rotatable bonds is 0. The van der Waals surface area contributed by atoms with E-state index in [9.17, 15) is 0 Å². The summed E-state index contributed by atoms with van der Waals surface area (Å²) in [4.78, 5) is 4.15. The zero-order valence-corrected chi connectivity index (χ0v) is 8.32. The van der Waals surface area contributed by atoms with Gasteiger partial charge in [-0.1, -0.05) is 20.8 Å². The molecule has 1 aliphatic heterocycles. The Kier molecular flexibility index (Phi) is 1.87. The van der Waals surface area contributed by atoms with Crippen molar-refractivity contribution >= 4 is 0 Å². The summed E-state index contributed by atoms with van der Waals surface area (Å²) >= 11 is 0. The lowest BCUT2D eigenvalue weighted by molar-refractivity contribution is 0.00939. The molecule has 0 aromatic carbocycles. The Hall–Kier alpha value is -0.900. The highest BCUT2D eigenvalue weighted by Crippen LogP contribution is 2.33. The molecule has 0 saturated heterocycles. The molecule has 1 aromatic rings. The van der Waals surface area contributed by atoms with Gasteiger partial charge in [-0.3, -0.25) is 0 Å². The highest BCUT2D eigenvalue weighted by atomic mass is 16.5. The molecule has 2 heterocycles. The van der Waals surface area contributed by atoms with Gasteiger partial charge in [0.2, 0.25) is 0 Å². The minimum atomic E-state index is 0.170. The SMILES string of the molecule is CC(C)(C)C1COCc2ncnn21. The summed E-state index contributed by atoms with van der Waals surface area (Å²) in [6.07, 6.45) is 1.60. The summed E-state index contributed by atoms with van der Waals surface area (Å²) in [5.74, 6) is 0.936. The Balaban J connectivity index is 2.35. The van der Waals surface area contributed by atoms with E-state index in [1.165, 1.54) is 0 Å². The normalized spacial score (nSPS) is 22.8. The fraction of sp³-hybridized carbons (Fsp3) is 0.778. The van der Waals surface area contributed by atoms with Crippen LogP contribution in [0.2, 0.25) is 0 Å². The molecule has 0 bridgehead atoms. The first-order valence-corrected chi connectivity index (χ1v) is 4.55. The van der Waals surface area contributed by atoms with E-state index in [4.69, 9.17) is 4.74 Å². The highest BCUT2D eigenvalue weighted by Gasteiger charge is 2.31. The van der Waals surface area contributed by atoms with Crippen molar-refractivity contribution in [1.82, 2.24) is 14.8 Å². The maximum atomic E-state index is 5.47. The van der Waals surface area contributed by atoms with Crippen LogP contribution in [0.5, 0.6) is 0 Å². The fourth-order valence-electron chi connectivity index (χ4n) is 1.59. The molecule has 1 unspecified atom stereocenters. The zero-order valence-electron chi connectivity index (χ0n) is 8.32. The topological polar surface area (TPSA) is 39.9 Å². The van der Waals surface area contributed by atoms with Crippen molar-refractivity contribution in [3.05, 3.63) is 12.2 Å². The minimum absolute atomic E-state index is 0.170. The largest absolute Gasteiger partial charge is 0.371 e. The molecule has 13 heavy (non-hydrogen) atoms. The highest BCUT2D eigenvalue weighted by molar-refractivity contribution is 4.92. The minimum Gasteiger partial charge on any atom is -0.371 e. The maximum absolute atomic E-state index is 5.47. The molecule has 72 valence electrons. The molecular weight excluding hydrogens is 166 g/mol. The van der Waals surface area contributed by atoms with Crippen LogP contribution in [0.1, 0.15) is 32.6 Å². The smallest absolute Gasteiger partial charge is 0.153 e. The van der Waals surface area contributed by atoms with Crippen LogP contribution in [0, 0.1) is 5.41 Å². The van der Waals surface area contributed by atoms with Crippen LogP contribution in [0.15, 0.2) is 6.33 Å². The molecule has 2 rings (SSSR count). The van der Waals surface area contributed by atoms with Gasteiger partial charge >= 0.3 is 0 Å². The number of hydrogen-bond donors (Lipinski definition) is 0. The Bertz CT molecular complexity index is 300. The predicted octanol–water partition coefficient (Wildman–Crippen LogP) is 1.40. The summed E-state index contributed by atoms with van der Waals surface area (Å²) in [7, 11) is 0. The second kappa shape index (κ2) is 2.80. The van der Waals surface area contributed by atoms with E-state index in [1.54, 1.807) is 6.33 Å². The van der Waals surface area contributed by atoms with Crippen LogP contribution in [0.25, 0.3) is 0 Å². The van der Waals surface area contributed by atoms with Crippen molar-refractivity contribution < 1.29 is 4.74 Å². The van der Waals surface area contributed by atoms with Crippen molar-refractivity contribution in [3.8, 4) is 0 Å². The van der Waals surface area contributed by atoms with Gasteiger partial charge in [0.05, 0.1) is 12.6 Å². The molecule has 1 aromatic heterocycles. The molecule has 0 aliphatic carbocycles. The van der Waals surface area contributed by atoms with E-state index in [0.717, 1.165) is 12.4 Å². The van der Waals surface area contributed by atoms with Gasteiger partial charge in [-0.25, -0.2) is 9.67 Å². The molecule has 0 amide bonds. The van der Waals surface area contributed by atoms with Gasteiger partial charge in [0.25, 0.3) is 0 Å². The third kappa shape index (κ3) is 1.46. The number of fused-ring (bicyclic) bond motifs is 1. The van der Waals surface area contributed by atoms with E-state index in [0.29, 0.717) is 12.6 Å². The number of hydrogen-bond acceptors (Lipinski definition) is 3. The van der Waals surface area contributed by atoms with Gasteiger partial charge in [-0.2, -0.15) is 5.10 Å². The summed E-state index contributed by atoms with van der Waals surface area (Å²) in [5, 5.41) is 4.23. The van der Waals surface area contributed by atoms with Crippen molar-refractivity contribution in [1.29, 1.82) is 0 Å². The number of nitrogens with zero attached hydrogens (tertiary/aromatic N) is 3. The van der Waals surface area contributed by atoms with Crippen LogP contribution in [-0.4, -0.2) is 21.4 Å². The van der Waals surface area contributed by atoms with Crippen molar-refractivity contribution in [2.75, 3.05) is 6.61 Å². The van der Waals surface area contributed by atoms with Crippen LogP contribution in [-0.2, 0) is 11.3 Å². The second-order valence-corrected chi connectivity index (χ2v) is 4.52. The Labute approximate surface area is 77.9 Å². The van der Waals surface area contributed by atoms with Gasteiger partial charge in [0, 0.05) is 0 Å².